The maximum atomic E-state index is 3.92. The van der Waals surface area contributed by atoms with Gasteiger partial charge < -0.3 is 10.2 Å². The normalized spacial score (nSPS) is 25.2. The molecule has 2 aliphatic rings. The zero-order chi connectivity index (χ0) is 14.7. The second-order valence-corrected chi connectivity index (χ2v) is 7.49. The van der Waals surface area contributed by atoms with Crippen molar-refractivity contribution >= 4 is 17.4 Å². The SMILES string of the molecule is CCC1CNC2(CCCCC2)CN1c1cccc(SC)c1. The van der Waals surface area contributed by atoms with Gasteiger partial charge in [0.2, 0.25) is 0 Å². The quantitative estimate of drug-likeness (QED) is 0.838. The molecule has 1 spiro atoms. The predicted octanol–water partition coefficient (Wildman–Crippen LogP) is 4.30. The first-order valence-electron chi connectivity index (χ1n) is 8.42. The lowest BCUT2D eigenvalue weighted by atomic mass is 9.79. The number of thioether (sulfide) groups is 1. The molecule has 1 aliphatic carbocycles. The van der Waals surface area contributed by atoms with Crippen molar-refractivity contribution in [3.63, 3.8) is 0 Å². The molecule has 2 nitrogen and oxygen atoms in total. The third kappa shape index (κ3) is 3.24. The second-order valence-electron chi connectivity index (χ2n) is 6.61. The molecule has 1 aromatic rings. The number of rotatable bonds is 3. The highest BCUT2D eigenvalue weighted by molar-refractivity contribution is 7.98. The molecule has 0 bridgehead atoms. The van der Waals surface area contributed by atoms with Crippen LogP contribution in [0.15, 0.2) is 29.2 Å². The van der Waals surface area contributed by atoms with Crippen molar-refractivity contribution in [2.45, 2.75) is 61.9 Å². The van der Waals surface area contributed by atoms with Gasteiger partial charge in [-0.25, -0.2) is 0 Å². The molecule has 21 heavy (non-hydrogen) atoms. The van der Waals surface area contributed by atoms with Crippen LogP contribution in [-0.2, 0) is 0 Å². The predicted molar refractivity (Wildman–Crippen MR) is 93.5 cm³/mol. The maximum absolute atomic E-state index is 3.92. The highest BCUT2D eigenvalue weighted by Crippen LogP contribution is 2.35. The fraction of sp³-hybridized carbons (Fsp3) is 0.667. The number of hydrogen-bond acceptors (Lipinski definition) is 3. The highest BCUT2D eigenvalue weighted by atomic mass is 32.2. The summed E-state index contributed by atoms with van der Waals surface area (Å²) in [5.74, 6) is 0. The van der Waals surface area contributed by atoms with E-state index in [1.807, 2.05) is 11.8 Å². The van der Waals surface area contributed by atoms with Gasteiger partial charge in [0.1, 0.15) is 0 Å². The van der Waals surface area contributed by atoms with E-state index in [1.54, 1.807) is 0 Å². The van der Waals surface area contributed by atoms with Crippen LogP contribution in [0.1, 0.15) is 45.4 Å². The number of anilines is 1. The molecule has 3 heteroatoms. The van der Waals surface area contributed by atoms with Crippen LogP contribution in [0, 0.1) is 0 Å². The van der Waals surface area contributed by atoms with Crippen LogP contribution < -0.4 is 10.2 Å². The summed E-state index contributed by atoms with van der Waals surface area (Å²) < 4.78 is 0. The zero-order valence-electron chi connectivity index (χ0n) is 13.4. The average Bonchev–Trinajstić information content (AvgIpc) is 2.56. The van der Waals surface area contributed by atoms with Gasteiger partial charge >= 0.3 is 0 Å². The van der Waals surface area contributed by atoms with Gasteiger partial charge in [-0.1, -0.05) is 32.3 Å². The van der Waals surface area contributed by atoms with Gasteiger partial charge in [-0.15, -0.1) is 11.8 Å². The summed E-state index contributed by atoms with van der Waals surface area (Å²) in [5, 5.41) is 3.92. The molecule has 0 amide bonds. The monoisotopic (exact) mass is 304 g/mol. The Kier molecular flexibility index (Phi) is 4.80. The summed E-state index contributed by atoms with van der Waals surface area (Å²) in [6.07, 6.45) is 10.3. The van der Waals surface area contributed by atoms with Gasteiger partial charge in [-0.05, 0) is 43.7 Å². The van der Waals surface area contributed by atoms with Crippen LogP contribution in [0.25, 0.3) is 0 Å². The van der Waals surface area contributed by atoms with Crippen LogP contribution in [0.5, 0.6) is 0 Å². The van der Waals surface area contributed by atoms with E-state index in [-0.39, 0.29) is 0 Å². The Hall–Kier alpha value is -0.670. The third-order valence-corrected chi connectivity index (χ3v) is 6.02. The van der Waals surface area contributed by atoms with Gasteiger partial charge in [-0.2, -0.15) is 0 Å². The topological polar surface area (TPSA) is 15.3 Å². The molecule has 2 fully saturated rings. The molecule has 1 saturated carbocycles. The first-order chi connectivity index (χ1) is 10.3. The summed E-state index contributed by atoms with van der Waals surface area (Å²) in [5.41, 5.74) is 1.79. The van der Waals surface area contributed by atoms with Crippen LogP contribution in [0.3, 0.4) is 0 Å². The van der Waals surface area contributed by atoms with E-state index >= 15 is 0 Å². The third-order valence-electron chi connectivity index (χ3n) is 5.29. The molecule has 1 unspecified atom stereocenters. The summed E-state index contributed by atoms with van der Waals surface area (Å²) in [6.45, 7) is 4.64. The Balaban J connectivity index is 1.84. The summed E-state index contributed by atoms with van der Waals surface area (Å²) in [4.78, 5) is 4.06. The van der Waals surface area contributed by atoms with Crippen LogP contribution in [-0.4, -0.2) is 30.9 Å². The van der Waals surface area contributed by atoms with Gasteiger partial charge in [0, 0.05) is 35.3 Å². The number of hydrogen-bond donors (Lipinski definition) is 1. The number of piperazine rings is 1. The first-order valence-corrected chi connectivity index (χ1v) is 9.64. The Labute approximate surface area is 133 Å². The van der Waals surface area contributed by atoms with Gasteiger partial charge in [0.05, 0.1) is 0 Å². The average molecular weight is 305 g/mol. The van der Waals surface area contributed by atoms with Crippen molar-refractivity contribution < 1.29 is 0 Å². The lowest BCUT2D eigenvalue weighted by Crippen LogP contribution is -2.65. The van der Waals surface area contributed by atoms with Gasteiger partial charge in [0.15, 0.2) is 0 Å². The van der Waals surface area contributed by atoms with Crippen LogP contribution in [0.2, 0.25) is 0 Å². The summed E-state index contributed by atoms with van der Waals surface area (Å²) >= 11 is 1.84. The molecule has 1 aromatic carbocycles. The fourth-order valence-corrected chi connectivity index (χ4v) is 4.43. The van der Waals surface area contributed by atoms with Gasteiger partial charge in [-0.3, -0.25) is 0 Å². The Bertz CT molecular complexity index is 468. The Morgan fingerprint density at radius 2 is 2.10 bits per heavy atom. The lowest BCUT2D eigenvalue weighted by molar-refractivity contribution is 0.196. The minimum Gasteiger partial charge on any atom is -0.365 e. The number of benzene rings is 1. The van der Waals surface area contributed by atoms with E-state index in [2.05, 4.69) is 47.7 Å². The van der Waals surface area contributed by atoms with Crippen molar-refractivity contribution in [1.29, 1.82) is 0 Å². The molecule has 1 aliphatic heterocycles. The molecule has 3 rings (SSSR count). The van der Waals surface area contributed by atoms with E-state index in [4.69, 9.17) is 0 Å². The summed E-state index contributed by atoms with van der Waals surface area (Å²) in [6, 6.07) is 9.73. The van der Waals surface area contributed by atoms with Crippen molar-refractivity contribution in [1.82, 2.24) is 5.32 Å². The molecular weight excluding hydrogens is 276 g/mol. The molecule has 1 saturated heterocycles. The Morgan fingerprint density at radius 3 is 2.81 bits per heavy atom. The van der Waals surface area contributed by atoms with Crippen LogP contribution in [0.4, 0.5) is 5.69 Å². The Morgan fingerprint density at radius 1 is 1.29 bits per heavy atom. The summed E-state index contributed by atoms with van der Waals surface area (Å²) in [7, 11) is 0. The van der Waals surface area contributed by atoms with E-state index < -0.39 is 0 Å². The first kappa shape index (κ1) is 15.2. The van der Waals surface area contributed by atoms with Crippen molar-refractivity contribution in [3.05, 3.63) is 24.3 Å². The molecule has 1 heterocycles. The number of nitrogens with zero attached hydrogens (tertiary/aromatic N) is 1. The molecule has 0 aromatic heterocycles. The number of nitrogens with one attached hydrogen (secondary N) is 1. The molecule has 1 N–H and O–H groups in total. The second kappa shape index (κ2) is 6.62. The molecule has 116 valence electrons. The van der Waals surface area contributed by atoms with E-state index in [0.29, 0.717) is 11.6 Å². The van der Waals surface area contributed by atoms with E-state index in [0.717, 1.165) is 6.54 Å². The molecule has 1 atom stereocenters. The van der Waals surface area contributed by atoms with Crippen LogP contribution >= 0.6 is 11.8 Å². The lowest BCUT2D eigenvalue weighted by Gasteiger charge is -2.50. The highest BCUT2D eigenvalue weighted by Gasteiger charge is 2.39. The van der Waals surface area contributed by atoms with Gasteiger partial charge in [0.25, 0.3) is 0 Å². The minimum absolute atomic E-state index is 0.374. The van der Waals surface area contributed by atoms with E-state index in [1.165, 1.54) is 55.7 Å². The zero-order valence-corrected chi connectivity index (χ0v) is 14.2. The van der Waals surface area contributed by atoms with Crippen molar-refractivity contribution in [3.8, 4) is 0 Å². The molecular formula is C18H28N2S. The fourth-order valence-electron chi connectivity index (χ4n) is 3.97. The van der Waals surface area contributed by atoms with Crippen molar-refractivity contribution in [2.75, 3.05) is 24.2 Å². The minimum atomic E-state index is 0.374. The molecule has 0 radical (unpaired) electrons. The van der Waals surface area contributed by atoms with Crippen molar-refractivity contribution in [2.24, 2.45) is 0 Å². The smallest absolute Gasteiger partial charge is 0.0412 e. The standard InChI is InChI=1S/C18H28N2S/c1-3-15-13-19-18(10-5-4-6-11-18)14-20(15)16-8-7-9-17(12-16)21-2/h7-9,12,15,19H,3-6,10-11,13-14H2,1-2H3. The maximum Gasteiger partial charge on any atom is 0.0412 e. The van der Waals surface area contributed by atoms with E-state index in [9.17, 15) is 0 Å². The largest absolute Gasteiger partial charge is 0.365 e.